The Bertz CT molecular complexity index is 1740. The third kappa shape index (κ3) is 4.65. The van der Waals surface area contributed by atoms with Crippen molar-refractivity contribution >= 4 is 44.6 Å². The molecule has 4 aromatic heterocycles. The van der Waals surface area contributed by atoms with Gasteiger partial charge in [-0.2, -0.15) is 17.5 Å². The zero-order valence-corrected chi connectivity index (χ0v) is 21.4. The number of aromatic nitrogens is 6. The van der Waals surface area contributed by atoms with Crippen LogP contribution in [0.5, 0.6) is 0 Å². The van der Waals surface area contributed by atoms with Crippen molar-refractivity contribution in [2.24, 2.45) is 0 Å². The van der Waals surface area contributed by atoms with Crippen LogP contribution in [0.2, 0.25) is 5.02 Å². The minimum atomic E-state index is -5.56. The Morgan fingerprint density at radius 3 is 2.64 bits per heavy atom. The number of pyridine rings is 2. The number of rotatable bonds is 5. The van der Waals surface area contributed by atoms with Gasteiger partial charge >= 0.3 is 15.5 Å². The molecule has 5 rings (SSSR count). The number of hydrogen-bond acceptors (Lipinski definition) is 8. The normalized spacial score (nSPS) is 14.5. The first-order valence-electron chi connectivity index (χ1n) is 11.2. The Morgan fingerprint density at radius 2 is 1.97 bits per heavy atom. The highest BCUT2D eigenvalue weighted by molar-refractivity contribution is 7.89. The number of anilines is 2. The number of halogens is 5. The molecule has 0 spiro atoms. The maximum atomic E-state index is 15.0. The second-order valence-electron chi connectivity index (χ2n) is 8.43. The predicted octanol–water partition coefficient (Wildman–Crippen LogP) is 2.84. The van der Waals surface area contributed by atoms with E-state index in [9.17, 15) is 26.4 Å². The number of fused-ring (bicyclic) bond motifs is 2. The van der Waals surface area contributed by atoms with Crippen LogP contribution in [-0.4, -0.2) is 59.8 Å². The van der Waals surface area contributed by atoms with E-state index in [0.717, 1.165) is 12.3 Å². The molecular weight excluding hydrogens is 570 g/mol. The minimum absolute atomic E-state index is 0.00814. The number of hydrogen-bond donors (Lipinski definition) is 2. The molecule has 18 heteroatoms. The lowest BCUT2D eigenvalue weighted by atomic mass is 10.2. The summed E-state index contributed by atoms with van der Waals surface area (Å²) < 4.78 is 80.1. The number of alkyl halides is 3. The van der Waals surface area contributed by atoms with Crippen LogP contribution in [-0.2, 0) is 29.5 Å². The number of carbonyl (C=O) groups excluding carboxylic acids is 1. The number of aryl methyl sites for hydroxylation is 1. The van der Waals surface area contributed by atoms with Crippen molar-refractivity contribution in [3.8, 4) is 11.5 Å². The Hall–Kier alpha value is -3.83. The average Bonchev–Trinajstić information content (AvgIpc) is 3.44. The van der Waals surface area contributed by atoms with Crippen molar-refractivity contribution in [1.29, 1.82) is 0 Å². The van der Waals surface area contributed by atoms with Gasteiger partial charge in [0.25, 0.3) is 5.91 Å². The third-order valence-corrected chi connectivity index (χ3v) is 7.83. The molecule has 0 unspecified atom stereocenters. The number of carbonyl (C=O) groups is 1. The Morgan fingerprint density at radius 1 is 1.23 bits per heavy atom. The summed E-state index contributed by atoms with van der Waals surface area (Å²) in [6.45, 7) is 0.398. The fraction of sp³-hybridized carbons (Fsp3) is 0.286. The van der Waals surface area contributed by atoms with Gasteiger partial charge < -0.3 is 11.1 Å². The molecule has 0 aliphatic carbocycles. The average molecular weight is 588 g/mol. The lowest BCUT2D eigenvalue weighted by Crippen LogP contribution is -2.44. The smallest absolute Gasteiger partial charge is 0.397 e. The maximum Gasteiger partial charge on any atom is 0.511 e. The Labute approximate surface area is 222 Å². The lowest BCUT2D eigenvalue weighted by Gasteiger charge is -2.26. The molecule has 0 saturated heterocycles. The SMILES string of the molecule is CCc1nc2cc(N)c(Cl)cn2c1C(=O)Nc1cnc(-c2nc3n(n2)CCN(S(=O)(=O)C(F)(F)F)C3)c(F)c1. The minimum Gasteiger partial charge on any atom is -0.397 e. The highest BCUT2D eigenvalue weighted by Crippen LogP contribution is 2.30. The van der Waals surface area contributed by atoms with Gasteiger partial charge in [-0.1, -0.05) is 18.5 Å². The van der Waals surface area contributed by atoms with Crippen LogP contribution in [0.15, 0.2) is 24.5 Å². The summed E-state index contributed by atoms with van der Waals surface area (Å²) >= 11 is 6.10. The van der Waals surface area contributed by atoms with Crippen molar-refractivity contribution in [3.05, 3.63) is 52.6 Å². The van der Waals surface area contributed by atoms with E-state index < -0.39 is 40.3 Å². The molecule has 0 aromatic carbocycles. The van der Waals surface area contributed by atoms with Gasteiger partial charge in [0.2, 0.25) is 5.82 Å². The zero-order valence-electron chi connectivity index (χ0n) is 19.9. The quantitative estimate of drug-likeness (QED) is 0.338. The topological polar surface area (TPSA) is 153 Å². The number of nitrogens with zero attached hydrogens (tertiary/aromatic N) is 7. The highest BCUT2D eigenvalue weighted by Gasteiger charge is 2.50. The number of nitrogen functional groups attached to an aromatic ring is 1. The molecule has 206 valence electrons. The van der Waals surface area contributed by atoms with E-state index in [2.05, 4.69) is 25.4 Å². The zero-order chi connectivity index (χ0) is 28.3. The van der Waals surface area contributed by atoms with E-state index in [1.54, 1.807) is 6.92 Å². The van der Waals surface area contributed by atoms with Gasteiger partial charge in [0.05, 0.1) is 41.4 Å². The van der Waals surface area contributed by atoms with Gasteiger partial charge in [0.15, 0.2) is 5.82 Å². The molecule has 1 amide bonds. The van der Waals surface area contributed by atoms with Crippen molar-refractivity contribution in [2.75, 3.05) is 17.6 Å². The van der Waals surface area contributed by atoms with Crippen LogP contribution in [0.25, 0.3) is 17.2 Å². The fourth-order valence-electron chi connectivity index (χ4n) is 4.04. The van der Waals surface area contributed by atoms with Gasteiger partial charge in [0, 0.05) is 24.9 Å². The molecule has 1 aliphatic heterocycles. The van der Waals surface area contributed by atoms with Gasteiger partial charge in [0.1, 0.15) is 22.9 Å². The molecule has 5 heterocycles. The van der Waals surface area contributed by atoms with Crippen molar-refractivity contribution in [3.63, 3.8) is 0 Å². The summed E-state index contributed by atoms with van der Waals surface area (Å²) in [6, 6.07) is 2.49. The Kier molecular flexibility index (Phi) is 6.47. The first-order chi connectivity index (χ1) is 18.3. The summed E-state index contributed by atoms with van der Waals surface area (Å²) in [5.74, 6) is -1.91. The summed E-state index contributed by atoms with van der Waals surface area (Å²) in [4.78, 5) is 25.4. The summed E-state index contributed by atoms with van der Waals surface area (Å²) in [5.41, 5.74) is 1.31. The van der Waals surface area contributed by atoms with E-state index in [1.165, 1.54) is 21.3 Å². The van der Waals surface area contributed by atoms with Gasteiger partial charge in [-0.3, -0.25) is 9.20 Å². The molecule has 3 N–H and O–H groups in total. The van der Waals surface area contributed by atoms with E-state index >= 15 is 4.39 Å². The number of amides is 1. The molecule has 0 radical (unpaired) electrons. The molecule has 0 bridgehead atoms. The molecular formula is C21H18ClF4N9O3S. The molecule has 0 atom stereocenters. The molecule has 1 aliphatic rings. The van der Waals surface area contributed by atoms with E-state index in [1.807, 2.05) is 0 Å². The molecule has 4 aromatic rings. The van der Waals surface area contributed by atoms with Crippen molar-refractivity contribution < 1.29 is 30.8 Å². The fourth-order valence-corrected chi connectivity index (χ4v) is 5.09. The van der Waals surface area contributed by atoms with Crippen molar-refractivity contribution in [2.45, 2.75) is 31.9 Å². The van der Waals surface area contributed by atoms with Gasteiger partial charge in [-0.05, 0) is 6.42 Å². The van der Waals surface area contributed by atoms with Gasteiger partial charge in [-0.25, -0.2) is 32.4 Å². The number of nitrogens with two attached hydrogens (primary N) is 1. The number of nitrogens with one attached hydrogen (secondary N) is 1. The largest absolute Gasteiger partial charge is 0.511 e. The molecule has 12 nitrogen and oxygen atoms in total. The second-order valence-corrected chi connectivity index (χ2v) is 10.8. The maximum absolute atomic E-state index is 15.0. The molecule has 0 saturated carbocycles. The predicted molar refractivity (Wildman–Crippen MR) is 131 cm³/mol. The summed E-state index contributed by atoms with van der Waals surface area (Å²) in [7, 11) is -5.56. The van der Waals surface area contributed by atoms with Crippen LogP contribution in [0.3, 0.4) is 0 Å². The third-order valence-electron chi connectivity index (χ3n) is 5.93. The molecule has 39 heavy (non-hydrogen) atoms. The first kappa shape index (κ1) is 26.8. The van der Waals surface area contributed by atoms with E-state index in [4.69, 9.17) is 17.3 Å². The number of sulfonamides is 1. The summed E-state index contributed by atoms with van der Waals surface area (Å²) in [6.07, 6.45) is 3.00. The van der Waals surface area contributed by atoms with Gasteiger partial charge in [-0.15, -0.1) is 5.10 Å². The Balaban J connectivity index is 1.39. The lowest BCUT2D eigenvalue weighted by molar-refractivity contribution is -0.0496. The van der Waals surface area contributed by atoms with Crippen LogP contribution < -0.4 is 11.1 Å². The highest BCUT2D eigenvalue weighted by atomic mass is 35.5. The second kappa shape index (κ2) is 9.42. The van der Waals surface area contributed by atoms with E-state index in [0.29, 0.717) is 17.8 Å². The molecule has 0 fully saturated rings. The van der Waals surface area contributed by atoms with Crippen LogP contribution in [0, 0.1) is 5.82 Å². The standard InChI is InChI=1S/C21H18ClF4N9O3S/c1-2-14-18(34-8-11(22)13(27)6-15(34)30-14)20(36)29-10-5-12(23)17(28-7-10)19-31-16-9-33(3-4-35(16)32-19)39(37,38)21(24,25)26/h5-8H,2-4,9,27H2,1H3,(H,29,36). The van der Waals surface area contributed by atoms with Crippen LogP contribution in [0.4, 0.5) is 28.9 Å². The van der Waals surface area contributed by atoms with Crippen molar-refractivity contribution in [1.82, 2.24) is 33.4 Å². The van der Waals surface area contributed by atoms with Crippen LogP contribution in [0.1, 0.15) is 28.9 Å². The van der Waals surface area contributed by atoms with E-state index in [-0.39, 0.29) is 50.3 Å². The first-order valence-corrected chi connectivity index (χ1v) is 13.0. The summed E-state index contributed by atoms with van der Waals surface area (Å²) in [5, 5.41) is 6.80. The monoisotopic (exact) mass is 587 g/mol. The van der Waals surface area contributed by atoms with Crippen LogP contribution >= 0.6 is 11.6 Å². The number of imidazole rings is 1.